The molecule has 2 atom stereocenters. The molecular weight excluding hydrogens is 194 g/mol. The predicted molar refractivity (Wildman–Crippen MR) is 58.5 cm³/mol. The van der Waals surface area contributed by atoms with Crippen molar-refractivity contribution >= 4 is 11.9 Å². The van der Waals surface area contributed by atoms with Crippen LogP contribution in [0.3, 0.4) is 0 Å². The van der Waals surface area contributed by atoms with Gasteiger partial charge in [-0.2, -0.15) is 0 Å². The van der Waals surface area contributed by atoms with Gasteiger partial charge in [0, 0.05) is 5.92 Å². The molecule has 0 saturated heterocycles. The van der Waals surface area contributed by atoms with Crippen molar-refractivity contribution in [2.24, 2.45) is 5.92 Å². The molecule has 0 radical (unpaired) electrons. The highest BCUT2D eigenvalue weighted by molar-refractivity contribution is 5.84. The molecule has 88 valence electrons. The van der Waals surface area contributed by atoms with Crippen LogP contribution < -0.4 is 5.32 Å². The Morgan fingerprint density at radius 2 is 1.93 bits per heavy atom. The van der Waals surface area contributed by atoms with Gasteiger partial charge < -0.3 is 10.4 Å². The highest BCUT2D eigenvalue weighted by atomic mass is 16.4. The summed E-state index contributed by atoms with van der Waals surface area (Å²) in [4.78, 5) is 22.2. The summed E-state index contributed by atoms with van der Waals surface area (Å²) >= 11 is 0. The van der Waals surface area contributed by atoms with Crippen LogP contribution in [0.1, 0.15) is 46.5 Å². The zero-order valence-corrected chi connectivity index (χ0v) is 9.75. The molecule has 0 aromatic carbocycles. The zero-order valence-electron chi connectivity index (χ0n) is 9.75. The topological polar surface area (TPSA) is 66.4 Å². The first-order valence-corrected chi connectivity index (χ1v) is 5.56. The number of carbonyl (C=O) groups excluding carboxylic acids is 1. The van der Waals surface area contributed by atoms with Crippen molar-refractivity contribution in [2.75, 3.05) is 0 Å². The lowest BCUT2D eigenvalue weighted by Crippen LogP contribution is -2.41. The molecule has 15 heavy (non-hydrogen) atoms. The van der Waals surface area contributed by atoms with E-state index in [1.165, 1.54) is 6.92 Å². The largest absolute Gasteiger partial charge is 0.480 e. The van der Waals surface area contributed by atoms with E-state index in [9.17, 15) is 9.59 Å². The molecule has 0 aromatic rings. The molecule has 0 aromatic heterocycles. The number of nitrogens with one attached hydrogen (secondary N) is 1. The Morgan fingerprint density at radius 1 is 1.33 bits per heavy atom. The van der Waals surface area contributed by atoms with Crippen LogP contribution in [0.2, 0.25) is 0 Å². The lowest BCUT2D eigenvalue weighted by molar-refractivity contribution is -0.142. The third-order valence-electron chi connectivity index (χ3n) is 2.50. The molecule has 0 heterocycles. The van der Waals surface area contributed by atoms with E-state index in [-0.39, 0.29) is 11.8 Å². The van der Waals surface area contributed by atoms with Crippen molar-refractivity contribution in [3.05, 3.63) is 0 Å². The summed E-state index contributed by atoms with van der Waals surface area (Å²) in [7, 11) is 0. The SMILES string of the molecule is CCCCC(CC)C(=O)N[C@H](C)C(=O)O. The Labute approximate surface area is 91.1 Å². The fraction of sp³-hybridized carbons (Fsp3) is 0.818. The Morgan fingerprint density at radius 3 is 2.33 bits per heavy atom. The molecule has 1 amide bonds. The second-order valence-electron chi connectivity index (χ2n) is 3.82. The van der Waals surface area contributed by atoms with Crippen LogP contribution in [0.15, 0.2) is 0 Å². The summed E-state index contributed by atoms with van der Waals surface area (Å²) in [5.74, 6) is -1.18. The van der Waals surface area contributed by atoms with E-state index >= 15 is 0 Å². The summed E-state index contributed by atoms with van der Waals surface area (Å²) in [5.41, 5.74) is 0. The number of unbranched alkanes of at least 4 members (excludes halogenated alkanes) is 1. The Hall–Kier alpha value is -1.06. The van der Waals surface area contributed by atoms with E-state index < -0.39 is 12.0 Å². The normalized spacial score (nSPS) is 14.3. The molecule has 0 bridgehead atoms. The van der Waals surface area contributed by atoms with Crippen molar-refractivity contribution < 1.29 is 14.7 Å². The average Bonchev–Trinajstić information content (AvgIpc) is 2.18. The number of hydrogen-bond donors (Lipinski definition) is 2. The lowest BCUT2D eigenvalue weighted by Gasteiger charge is -2.16. The Kier molecular flexibility index (Phi) is 6.75. The first-order chi connectivity index (χ1) is 7.02. The van der Waals surface area contributed by atoms with E-state index in [0.717, 1.165) is 25.7 Å². The van der Waals surface area contributed by atoms with Gasteiger partial charge in [0.15, 0.2) is 0 Å². The number of aliphatic carboxylic acids is 1. The van der Waals surface area contributed by atoms with Gasteiger partial charge >= 0.3 is 5.97 Å². The van der Waals surface area contributed by atoms with Crippen molar-refractivity contribution in [2.45, 2.75) is 52.5 Å². The molecule has 0 aliphatic rings. The summed E-state index contributed by atoms with van der Waals surface area (Å²) in [6.07, 6.45) is 3.66. The second kappa shape index (κ2) is 7.26. The first-order valence-electron chi connectivity index (χ1n) is 5.56. The van der Waals surface area contributed by atoms with Gasteiger partial charge in [0.2, 0.25) is 5.91 Å². The number of hydrogen-bond acceptors (Lipinski definition) is 2. The molecule has 4 nitrogen and oxygen atoms in total. The molecule has 2 N–H and O–H groups in total. The summed E-state index contributed by atoms with van der Waals surface area (Å²) in [6.45, 7) is 5.50. The molecule has 0 aliphatic carbocycles. The van der Waals surface area contributed by atoms with Crippen LogP contribution in [0.4, 0.5) is 0 Å². The van der Waals surface area contributed by atoms with E-state index in [0.29, 0.717) is 0 Å². The molecule has 0 rings (SSSR count). The van der Waals surface area contributed by atoms with Crippen LogP contribution in [0.5, 0.6) is 0 Å². The summed E-state index contributed by atoms with van der Waals surface area (Å²) in [6, 6.07) is -0.798. The molecule has 4 heteroatoms. The van der Waals surface area contributed by atoms with Crippen molar-refractivity contribution in [1.82, 2.24) is 5.32 Å². The predicted octanol–water partition coefficient (Wildman–Crippen LogP) is 1.79. The molecule has 1 unspecified atom stereocenters. The van der Waals surface area contributed by atoms with E-state index in [4.69, 9.17) is 5.11 Å². The Bertz CT molecular complexity index is 216. The monoisotopic (exact) mass is 215 g/mol. The van der Waals surface area contributed by atoms with Crippen LogP contribution in [-0.2, 0) is 9.59 Å². The van der Waals surface area contributed by atoms with E-state index in [2.05, 4.69) is 12.2 Å². The zero-order chi connectivity index (χ0) is 11.8. The third kappa shape index (κ3) is 5.40. The average molecular weight is 215 g/mol. The molecule has 0 aliphatic heterocycles. The van der Waals surface area contributed by atoms with E-state index in [1.54, 1.807) is 0 Å². The van der Waals surface area contributed by atoms with E-state index in [1.807, 2.05) is 6.92 Å². The lowest BCUT2D eigenvalue weighted by atomic mass is 9.98. The third-order valence-corrected chi connectivity index (χ3v) is 2.50. The summed E-state index contributed by atoms with van der Waals surface area (Å²) in [5, 5.41) is 11.1. The van der Waals surface area contributed by atoms with Gasteiger partial charge in [-0.05, 0) is 19.8 Å². The molecule has 0 saturated carbocycles. The van der Waals surface area contributed by atoms with Crippen LogP contribution in [-0.4, -0.2) is 23.0 Å². The molecular formula is C11H21NO3. The van der Waals surface area contributed by atoms with Crippen molar-refractivity contribution in [3.8, 4) is 0 Å². The van der Waals surface area contributed by atoms with Gasteiger partial charge in [-0.1, -0.05) is 26.7 Å². The number of rotatable bonds is 7. The maximum Gasteiger partial charge on any atom is 0.325 e. The second-order valence-corrected chi connectivity index (χ2v) is 3.82. The van der Waals surface area contributed by atoms with Crippen molar-refractivity contribution in [1.29, 1.82) is 0 Å². The quantitative estimate of drug-likeness (QED) is 0.680. The van der Waals surface area contributed by atoms with Crippen LogP contribution >= 0.6 is 0 Å². The number of amides is 1. The van der Waals surface area contributed by atoms with Crippen molar-refractivity contribution in [3.63, 3.8) is 0 Å². The van der Waals surface area contributed by atoms with Crippen LogP contribution in [0, 0.1) is 5.92 Å². The maximum atomic E-state index is 11.6. The smallest absolute Gasteiger partial charge is 0.325 e. The van der Waals surface area contributed by atoms with Crippen LogP contribution in [0.25, 0.3) is 0 Å². The highest BCUT2D eigenvalue weighted by Crippen LogP contribution is 2.12. The van der Waals surface area contributed by atoms with Gasteiger partial charge in [0.25, 0.3) is 0 Å². The molecule has 0 fully saturated rings. The van der Waals surface area contributed by atoms with Gasteiger partial charge in [-0.15, -0.1) is 0 Å². The van der Waals surface area contributed by atoms with Gasteiger partial charge in [-0.25, -0.2) is 0 Å². The number of carboxylic acid groups (broad SMARTS) is 1. The minimum atomic E-state index is -0.992. The van der Waals surface area contributed by atoms with Gasteiger partial charge in [-0.3, -0.25) is 9.59 Å². The fourth-order valence-corrected chi connectivity index (χ4v) is 1.36. The van der Waals surface area contributed by atoms with Gasteiger partial charge in [0.05, 0.1) is 0 Å². The fourth-order valence-electron chi connectivity index (χ4n) is 1.36. The standard InChI is InChI=1S/C11H21NO3/c1-4-6-7-9(5-2)10(13)12-8(3)11(14)15/h8-9H,4-7H2,1-3H3,(H,12,13)(H,14,15)/t8-,9?/m1/s1. The maximum absolute atomic E-state index is 11.6. The minimum Gasteiger partial charge on any atom is -0.480 e. The minimum absolute atomic E-state index is 0.0493. The first kappa shape index (κ1) is 13.9. The Balaban J connectivity index is 4.09. The number of carboxylic acids is 1. The molecule has 0 spiro atoms. The van der Waals surface area contributed by atoms with Gasteiger partial charge in [0.1, 0.15) is 6.04 Å². The highest BCUT2D eigenvalue weighted by Gasteiger charge is 2.20. The number of carbonyl (C=O) groups is 2. The summed E-state index contributed by atoms with van der Waals surface area (Å²) < 4.78 is 0.